The maximum atomic E-state index is 11.9. The van der Waals surface area contributed by atoms with E-state index in [-0.39, 0.29) is 11.6 Å². The molecule has 0 radical (unpaired) electrons. The first-order valence-corrected chi connectivity index (χ1v) is 6.27. The third-order valence-corrected chi connectivity index (χ3v) is 4.08. The molecule has 2 rings (SSSR count). The summed E-state index contributed by atoms with van der Waals surface area (Å²) >= 11 is 0. The lowest BCUT2D eigenvalue weighted by Crippen LogP contribution is -2.52. The van der Waals surface area contributed by atoms with Crippen molar-refractivity contribution in [2.75, 3.05) is 20.3 Å². The molecule has 0 aromatic carbocycles. The molecule has 0 bridgehead atoms. The molecule has 5 nitrogen and oxygen atoms in total. The van der Waals surface area contributed by atoms with E-state index in [2.05, 4.69) is 12.2 Å². The monoisotopic (exact) mass is 239 g/mol. The van der Waals surface area contributed by atoms with Crippen molar-refractivity contribution >= 4 is 11.9 Å². The quantitative estimate of drug-likeness (QED) is 0.785. The molecular weight excluding hydrogens is 218 g/mol. The molecule has 0 aromatic heterocycles. The van der Waals surface area contributed by atoms with Crippen LogP contribution in [0.1, 0.15) is 32.6 Å². The number of ether oxygens (including phenoxy) is 1. The first kappa shape index (κ1) is 12.4. The number of urea groups is 1. The van der Waals surface area contributed by atoms with Gasteiger partial charge in [0, 0.05) is 13.7 Å². The molecule has 1 heterocycles. The summed E-state index contributed by atoms with van der Waals surface area (Å²) in [6.07, 6.45) is 3.96. The molecule has 1 aliphatic heterocycles. The predicted octanol–water partition coefficient (Wildman–Crippen LogP) is 1.58. The van der Waals surface area contributed by atoms with Gasteiger partial charge >= 0.3 is 6.03 Å². The van der Waals surface area contributed by atoms with E-state index in [1.807, 2.05) is 0 Å². The summed E-state index contributed by atoms with van der Waals surface area (Å²) in [6.45, 7) is 3.33. The molecule has 2 N–H and O–H groups in total. The Morgan fingerprint density at radius 3 is 2.76 bits per heavy atom. The minimum atomic E-state index is -0.373. The van der Waals surface area contributed by atoms with Crippen molar-refractivity contribution in [2.24, 2.45) is 5.92 Å². The molecule has 1 spiro atoms. The molecule has 0 atom stereocenters. The molecule has 2 aliphatic rings. The number of methoxy groups -OCH3 is 1. The van der Waals surface area contributed by atoms with E-state index in [0.717, 1.165) is 25.7 Å². The standard InChI is InChI=1S/C12H21N3O2/c1-9-3-5-12(6-4-9)10(13)14-11(16)15(12)7-8-17-2/h9H,3-8H2,1-2H3,(H2,13,14,16). The van der Waals surface area contributed by atoms with Crippen molar-refractivity contribution in [1.29, 1.82) is 5.41 Å². The highest BCUT2D eigenvalue weighted by Gasteiger charge is 2.50. The molecule has 0 aromatic rings. The Hall–Kier alpha value is -1.10. The molecule has 1 aliphatic carbocycles. The van der Waals surface area contributed by atoms with Gasteiger partial charge < -0.3 is 9.64 Å². The number of hydrogen-bond donors (Lipinski definition) is 2. The van der Waals surface area contributed by atoms with Crippen LogP contribution in [-0.4, -0.2) is 42.6 Å². The van der Waals surface area contributed by atoms with Crippen LogP contribution in [0.2, 0.25) is 0 Å². The lowest BCUT2D eigenvalue weighted by Gasteiger charge is -2.41. The number of hydrogen-bond acceptors (Lipinski definition) is 3. The van der Waals surface area contributed by atoms with Crippen LogP contribution in [0, 0.1) is 11.3 Å². The van der Waals surface area contributed by atoms with E-state index in [1.165, 1.54) is 0 Å². The summed E-state index contributed by atoms with van der Waals surface area (Å²) in [6, 6.07) is -0.137. The third-order valence-electron chi connectivity index (χ3n) is 4.08. The maximum Gasteiger partial charge on any atom is 0.323 e. The molecule has 96 valence electrons. The number of amides is 2. The van der Waals surface area contributed by atoms with E-state index >= 15 is 0 Å². The topological polar surface area (TPSA) is 65.4 Å². The Labute approximate surface area is 102 Å². The Kier molecular flexibility index (Phi) is 3.38. The summed E-state index contributed by atoms with van der Waals surface area (Å²) in [5.41, 5.74) is -0.373. The number of nitrogens with zero attached hydrogens (tertiary/aromatic N) is 1. The van der Waals surface area contributed by atoms with Gasteiger partial charge in [-0.1, -0.05) is 6.92 Å². The summed E-state index contributed by atoms with van der Waals surface area (Å²) in [4.78, 5) is 13.7. The van der Waals surface area contributed by atoms with Crippen molar-refractivity contribution < 1.29 is 9.53 Å². The van der Waals surface area contributed by atoms with Crippen LogP contribution in [0.15, 0.2) is 0 Å². The van der Waals surface area contributed by atoms with Gasteiger partial charge in [-0.3, -0.25) is 10.7 Å². The van der Waals surface area contributed by atoms with Crippen LogP contribution in [0.25, 0.3) is 0 Å². The molecule has 1 saturated carbocycles. The first-order valence-electron chi connectivity index (χ1n) is 6.27. The van der Waals surface area contributed by atoms with E-state index < -0.39 is 0 Å². The molecule has 5 heteroatoms. The van der Waals surface area contributed by atoms with Gasteiger partial charge in [0.05, 0.1) is 6.61 Å². The Bertz CT molecular complexity index is 322. The number of carbonyl (C=O) groups excluding carboxylic acids is 1. The molecule has 2 fully saturated rings. The van der Waals surface area contributed by atoms with Crippen molar-refractivity contribution in [3.8, 4) is 0 Å². The number of rotatable bonds is 3. The zero-order valence-corrected chi connectivity index (χ0v) is 10.6. The Morgan fingerprint density at radius 2 is 2.18 bits per heavy atom. The van der Waals surface area contributed by atoms with Gasteiger partial charge in [0.25, 0.3) is 0 Å². The molecule has 17 heavy (non-hydrogen) atoms. The second kappa shape index (κ2) is 4.64. The normalized spacial score (nSPS) is 33.3. The lowest BCUT2D eigenvalue weighted by molar-refractivity contribution is 0.0984. The first-order chi connectivity index (χ1) is 8.10. The highest BCUT2D eigenvalue weighted by Crippen LogP contribution is 2.39. The van der Waals surface area contributed by atoms with Crippen LogP contribution < -0.4 is 5.32 Å². The smallest absolute Gasteiger partial charge is 0.323 e. The van der Waals surface area contributed by atoms with Gasteiger partial charge in [-0.15, -0.1) is 0 Å². The fourth-order valence-electron chi connectivity index (χ4n) is 2.88. The molecule has 1 saturated heterocycles. The van der Waals surface area contributed by atoms with Crippen molar-refractivity contribution in [1.82, 2.24) is 10.2 Å². The van der Waals surface area contributed by atoms with Crippen LogP contribution in [-0.2, 0) is 4.74 Å². The van der Waals surface area contributed by atoms with Crippen LogP contribution in [0.5, 0.6) is 0 Å². The minimum absolute atomic E-state index is 0.137. The average Bonchev–Trinajstić information content (AvgIpc) is 2.53. The zero-order valence-electron chi connectivity index (χ0n) is 10.6. The van der Waals surface area contributed by atoms with Gasteiger partial charge in [-0.2, -0.15) is 0 Å². The maximum absolute atomic E-state index is 11.9. The van der Waals surface area contributed by atoms with Crippen molar-refractivity contribution in [3.05, 3.63) is 0 Å². The number of nitrogens with one attached hydrogen (secondary N) is 2. The van der Waals surface area contributed by atoms with Gasteiger partial charge in [0.15, 0.2) is 0 Å². The average molecular weight is 239 g/mol. The SMILES string of the molecule is COCCN1C(=O)NC(=N)C12CCC(C)CC2. The summed E-state index contributed by atoms with van der Waals surface area (Å²) in [5, 5.41) is 10.7. The van der Waals surface area contributed by atoms with Gasteiger partial charge in [0.1, 0.15) is 11.4 Å². The zero-order chi connectivity index (χ0) is 12.5. The van der Waals surface area contributed by atoms with Crippen LogP contribution >= 0.6 is 0 Å². The second-order valence-corrected chi connectivity index (χ2v) is 5.16. The molecule has 0 unspecified atom stereocenters. The van der Waals surface area contributed by atoms with Crippen molar-refractivity contribution in [2.45, 2.75) is 38.1 Å². The fraction of sp³-hybridized carbons (Fsp3) is 0.833. The number of carbonyl (C=O) groups is 1. The summed E-state index contributed by atoms with van der Waals surface area (Å²) in [5.74, 6) is 1.08. The van der Waals surface area contributed by atoms with Crippen LogP contribution in [0.3, 0.4) is 0 Å². The third kappa shape index (κ3) is 2.04. The van der Waals surface area contributed by atoms with E-state index in [0.29, 0.717) is 24.9 Å². The van der Waals surface area contributed by atoms with Gasteiger partial charge in [-0.25, -0.2) is 4.79 Å². The van der Waals surface area contributed by atoms with E-state index in [4.69, 9.17) is 10.1 Å². The summed E-state index contributed by atoms with van der Waals surface area (Å²) in [7, 11) is 1.63. The largest absolute Gasteiger partial charge is 0.383 e. The molecular formula is C12H21N3O2. The predicted molar refractivity (Wildman–Crippen MR) is 65.2 cm³/mol. The highest BCUT2D eigenvalue weighted by molar-refractivity contribution is 6.08. The molecule has 2 amide bonds. The van der Waals surface area contributed by atoms with Crippen molar-refractivity contribution in [3.63, 3.8) is 0 Å². The fourth-order valence-corrected chi connectivity index (χ4v) is 2.88. The summed E-state index contributed by atoms with van der Waals surface area (Å²) < 4.78 is 5.05. The van der Waals surface area contributed by atoms with Crippen LogP contribution in [0.4, 0.5) is 4.79 Å². The second-order valence-electron chi connectivity index (χ2n) is 5.16. The van der Waals surface area contributed by atoms with Gasteiger partial charge in [0.2, 0.25) is 0 Å². The highest BCUT2D eigenvalue weighted by atomic mass is 16.5. The van der Waals surface area contributed by atoms with E-state index in [9.17, 15) is 4.79 Å². The Balaban J connectivity index is 2.16. The van der Waals surface area contributed by atoms with E-state index in [1.54, 1.807) is 12.0 Å². The lowest BCUT2D eigenvalue weighted by atomic mass is 9.76. The minimum Gasteiger partial charge on any atom is -0.383 e. The number of amidine groups is 1. The van der Waals surface area contributed by atoms with Gasteiger partial charge in [-0.05, 0) is 31.6 Å². The Morgan fingerprint density at radius 1 is 1.53 bits per heavy atom.